The van der Waals surface area contributed by atoms with Crippen LogP contribution in [0.3, 0.4) is 0 Å². The summed E-state index contributed by atoms with van der Waals surface area (Å²) in [5.74, 6) is 2.20. The van der Waals surface area contributed by atoms with Gasteiger partial charge in [0.15, 0.2) is 11.5 Å². The maximum absolute atomic E-state index is 13.7. The first-order chi connectivity index (χ1) is 18.1. The van der Waals surface area contributed by atoms with Gasteiger partial charge < -0.3 is 9.47 Å². The highest BCUT2D eigenvalue weighted by molar-refractivity contribution is 6.03. The van der Waals surface area contributed by atoms with Crippen LogP contribution < -0.4 is 9.47 Å². The molecule has 0 aliphatic carbocycles. The number of carbonyl (C=O) groups excluding carboxylic acids is 1. The predicted octanol–water partition coefficient (Wildman–Crippen LogP) is 5.36. The van der Waals surface area contributed by atoms with Crippen molar-refractivity contribution in [3.63, 3.8) is 0 Å². The van der Waals surface area contributed by atoms with Crippen molar-refractivity contribution in [2.24, 2.45) is 11.0 Å². The van der Waals surface area contributed by atoms with E-state index in [0.29, 0.717) is 18.9 Å². The summed E-state index contributed by atoms with van der Waals surface area (Å²) in [5.41, 5.74) is 5.63. The Kier molecular flexibility index (Phi) is 6.66. The molecule has 6 rings (SSSR count). The van der Waals surface area contributed by atoms with Gasteiger partial charge in [0.25, 0.3) is 5.91 Å². The Hall–Kier alpha value is -3.64. The Morgan fingerprint density at radius 3 is 2.49 bits per heavy atom. The topological polar surface area (TPSA) is 54.4 Å². The van der Waals surface area contributed by atoms with Crippen LogP contribution in [0.5, 0.6) is 11.5 Å². The molecule has 1 saturated heterocycles. The van der Waals surface area contributed by atoms with Gasteiger partial charge in [0.2, 0.25) is 6.79 Å². The minimum atomic E-state index is -0.158. The van der Waals surface area contributed by atoms with E-state index in [1.165, 1.54) is 11.1 Å². The van der Waals surface area contributed by atoms with Crippen molar-refractivity contribution in [2.45, 2.75) is 38.6 Å². The zero-order valence-corrected chi connectivity index (χ0v) is 21.3. The monoisotopic (exact) mass is 495 g/mol. The van der Waals surface area contributed by atoms with E-state index >= 15 is 0 Å². The second-order valence-corrected chi connectivity index (χ2v) is 10.4. The Balaban J connectivity index is 1.16. The number of hydrogen-bond donors (Lipinski definition) is 0. The molecule has 6 heteroatoms. The summed E-state index contributed by atoms with van der Waals surface area (Å²) in [6.45, 7) is 4.59. The molecule has 1 fully saturated rings. The van der Waals surface area contributed by atoms with Gasteiger partial charge in [-0.25, -0.2) is 5.01 Å². The molecule has 3 aromatic rings. The normalized spacial score (nSPS) is 19.8. The molecule has 37 heavy (non-hydrogen) atoms. The number of piperidine rings is 1. The third-order valence-corrected chi connectivity index (χ3v) is 7.77. The lowest BCUT2D eigenvalue weighted by Crippen LogP contribution is -2.42. The molecule has 190 valence electrons. The molecule has 0 N–H and O–H groups in total. The van der Waals surface area contributed by atoms with E-state index in [4.69, 9.17) is 14.6 Å². The molecule has 0 bridgehead atoms. The van der Waals surface area contributed by atoms with Crippen molar-refractivity contribution in [1.82, 2.24) is 9.91 Å². The van der Waals surface area contributed by atoms with Crippen molar-refractivity contribution in [1.29, 1.82) is 0 Å². The van der Waals surface area contributed by atoms with E-state index in [2.05, 4.69) is 66.4 Å². The van der Waals surface area contributed by atoms with Gasteiger partial charge in [0, 0.05) is 6.42 Å². The molecule has 1 unspecified atom stereocenters. The van der Waals surface area contributed by atoms with Crippen LogP contribution in [0.15, 0.2) is 77.9 Å². The average molecular weight is 496 g/mol. The fourth-order valence-corrected chi connectivity index (χ4v) is 5.60. The number of benzene rings is 3. The fourth-order valence-electron chi connectivity index (χ4n) is 5.60. The number of nitrogens with zero attached hydrogens (tertiary/aromatic N) is 3. The van der Waals surface area contributed by atoms with Gasteiger partial charge >= 0.3 is 0 Å². The second kappa shape index (κ2) is 10.4. The first kappa shape index (κ1) is 23.7. The Morgan fingerprint density at radius 2 is 1.70 bits per heavy atom. The molecule has 0 radical (unpaired) electrons. The van der Waals surface area contributed by atoms with Gasteiger partial charge in [-0.2, -0.15) is 5.10 Å². The molecular formula is C31H33N3O3. The minimum Gasteiger partial charge on any atom is -0.454 e. The summed E-state index contributed by atoms with van der Waals surface area (Å²) in [7, 11) is 0. The van der Waals surface area contributed by atoms with Crippen molar-refractivity contribution in [3.8, 4) is 11.5 Å². The third kappa shape index (κ3) is 5.25. The Bertz CT molecular complexity index is 1280. The number of hydrogen-bond acceptors (Lipinski definition) is 5. The SMILES string of the molecule is Cc1ccc(C2=NN(C(=O)CN3CCC(Cc4ccccc4)CC3)C(c3ccc4c(c3)OCO4)C2)cc1. The molecule has 3 heterocycles. The smallest absolute Gasteiger partial charge is 0.257 e. The molecule has 3 aliphatic heterocycles. The molecule has 3 aliphatic rings. The van der Waals surface area contributed by atoms with Crippen LogP contribution in [-0.4, -0.2) is 48.0 Å². The van der Waals surface area contributed by atoms with Crippen LogP contribution in [-0.2, 0) is 11.2 Å². The number of amides is 1. The van der Waals surface area contributed by atoms with Gasteiger partial charge in [-0.15, -0.1) is 0 Å². The van der Waals surface area contributed by atoms with E-state index in [0.717, 1.165) is 60.7 Å². The van der Waals surface area contributed by atoms with Crippen LogP contribution in [0.4, 0.5) is 0 Å². The molecule has 6 nitrogen and oxygen atoms in total. The quantitative estimate of drug-likeness (QED) is 0.462. The summed E-state index contributed by atoms with van der Waals surface area (Å²) >= 11 is 0. The van der Waals surface area contributed by atoms with Gasteiger partial charge in [-0.3, -0.25) is 9.69 Å². The number of rotatable bonds is 6. The highest BCUT2D eigenvalue weighted by Crippen LogP contribution is 2.39. The largest absolute Gasteiger partial charge is 0.454 e. The van der Waals surface area contributed by atoms with E-state index in [1.54, 1.807) is 5.01 Å². The molecule has 0 aromatic heterocycles. The van der Waals surface area contributed by atoms with Crippen molar-refractivity contribution in [3.05, 3.63) is 95.1 Å². The van der Waals surface area contributed by atoms with Crippen LogP contribution in [0, 0.1) is 12.8 Å². The van der Waals surface area contributed by atoms with Crippen molar-refractivity contribution in [2.75, 3.05) is 26.4 Å². The summed E-state index contributed by atoms with van der Waals surface area (Å²) in [6.07, 6.45) is 4.02. The molecule has 0 saturated carbocycles. The van der Waals surface area contributed by atoms with Gasteiger partial charge in [0.05, 0.1) is 18.3 Å². The number of hydrazone groups is 1. The first-order valence-corrected chi connectivity index (χ1v) is 13.2. The van der Waals surface area contributed by atoms with Crippen LogP contribution in [0.25, 0.3) is 0 Å². The lowest BCUT2D eigenvalue weighted by molar-refractivity contribution is -0.134. The Labute approximate surface area is 218 Å². The van der Waals surface area contributed by atoms with Crippen molar-refractivity contribution >= 4 is 11.6 Å². The summed E-state index contributed by atoms with van der Waals surface area (Å²) in [5, 5.41) is 6.59. The molecule has 1 amide bonds. The van der Waals surface area contributed by atoms with Gasteiger partial charge in [0.1, 0.15) is 0 Å². The van der Waals surface area contributed by atoms with Gasteiger partial charge in [-0.1, -0.05) is 66.2 Å². The predicted molar refractivity (Wildman–Crippen MR) is 144 cm³/mol. The molecule has 1 atom stereocenters. The standard InChI is InChI=1S/C31H33N3O3/c1-22-7-9-25(10-8-22)27-19-28(26-11-12-29-30(18-26)37-21-36-29)34(32-27)31(35)20-33-15-13-24(14-16-33)17-23-5-3-2-4-6-23/h2-12,18,24,28H,13-17,19-21H2,1H3. The van der Waals surface area contributed by atoms with E-state index < -0.39 is 0 Å². The van der Waals surface area contributed by atoms with E-state index in [9.17, 15) is 4.79 Å². The zero-order chi connectivity index (χ0) is 25.2. The van der Waals surface area contributed by atoms with Crippen LogP contribution in [0.2, 0.25) is 0 Å². The second-order valence-electron chi connectivity index (χ2n) is 10.4. The number of aryl methyl sites for hydroxylation is 1. The summed E-state index contributed by atoms with van der Waals surface area (Å²) in [6, 6.07) is 24.9. The molecular weight excluding hydrogens is 462 g/mol. The Morgan fingerprint density at radius 1 is 0.946 bits per heavy atom. The minimum absolute atomic E-state index is 0.0475. The highest BCUT2D eigenvalue weighted by Gasteiger charge is 2.35. The van der Waals surface area contributed by atoms with E-state index in [-0.39, 0.29) is 18.7 Å². The van der Waals surface area contributed by atoms with E-state index in [1.807, 2.05) is 18.2 Å². The highest BCUT2D eigenvalue weighted by atomic mass is 16.7. The van der Waals surface area contributed by atoms with Crippen LogP contribution in [0.1, 0.15) is 47.6 Å². The van der Waals surface area contributed by atoms with Gasteiger partial charge in [-0.05, 0) is 74.0 Å². The summed E-state index contributed by atoms with van der Waals surface area (Å²) < 4.78 is 11.1. The third-order valence-electron chi connectivity index (χ3n) is 7.77. The maximum Gasteiger partial charge on any atom is 0.257 e. The molecule has 0 spiro atoms. The average Bonchev–Trinajstić information content (AvgIpc) is 3.58. The summed E-state index contributed by atoms with van der Waals surface area (Å²) in [4.78, 5) is 15.9. The fraction of sp³-hybridized carbons (Fsp3) is 0.355. The number of ether oxygens (including phenoxy) is 2. The first-order valence-electron chi connectivity index (χ1n) is 13.2. The van der Waals surface area contributed by atoms with Crippen molar-refractivity contribution < 1.29 is 14.3 Å². The number of likely N-dealkylation sites (tertiary alicyclic amines) is 1. The number of fused-ring (bicyclic) bond motifs is 1. The zero-order valence-electron chi connectivity index (χ0n) is 21.3. The lowest BCUT2D eigenvalue weighted by Gasteiger charge is -2.33. The lowest BCUT2D eigenvalue weighted by atomic mass is 9.90. The van der Waals surface area contributed by atoms with Crippen LogP contribution >= 0.6 is 0 Å². The number of carbonyl (C=O) groups is 1. The maximum atomic E-state index is 13.7. The molecule has 3 aromatic carbocycles.